The molecule has 3 aliphatic rings. The van der Waals surface area contributed by atoms with E-state index in [1.807, 2.05) is 0 Å². The minimum Gasteiger partial charge on any atom is -0.375 e. The lowest BCUT2D eigenvalue weighted by Crippen LogP contribution is -2.53. The lowest BCUT2D eigenvalue weighted by molar-refractivity contribution is -0.112. The van der Waals surface area contributed by atoms with Gasteiger partial charge in [-0.3, -0.25) is 0 Å². The van der Waals surface area contributed by atoms with Crippen LogP contribution in [0.2, 0.25) is 0 Å². The van der Waals surface area contributed by atoms with E-state index in [2.05, 4.69) is 28.9 Å². The number of nitrogens with zero attached hydrogens (tertiary/aromatic N) is 1. The molecule has 1 spiro atoms. The molecule has 4 heteroatoms. The van der Waals surface area contributed by atoms with Gasteiger partial charge in [0, 0.05) is 18.7 Å². The van der Waals surface area contributed by atoms with Crippen molar-refractivity contribution in [1.82, 2.24) is 10.2 Å². The zero-order valence-corrected chi connectivity index (χ0v) is 14.4. The Morgan fingerprint density at radius 3 is 2.67 bits per heavy atom. The number of likely N-dealkylation sites (tertiary alicyclic amines) is 1. The molecule has 0 radical (unpaired) electrons. The monoisotopic (exact) mass is 312 g/mol. The van der Waals surface area contributed by atoms with Crippen molar-refractivity contribution >= 4 is 11.8 Å². The molecule has 1 atom stereocenters. The van der Waals surface area contributed by atoms with Gasteiger partial charge in [0.2, 0.25) is 0 Å². The van der Waals surface area contributed by atoms with Gasteiger partial charge in [0.1, 0.15) is 0 Å². The molecule has 3 fully saturated rings. The molecule has 1 unspecified atom stereocenters. The summed E-state index contributed by atoms with van der Waals surface area (Å²) >= 11 is 2.11. The summed E-state index contributed by atoms with van der Waals surface area (Å²) in [4.78, 5) is 2.77. The number of piperidine rings is 1. The average Bonchev–Trinajstić information content (AvgIpc) is 2.54. The Bertz CT molecular complexity index is 306. The topological polar surface area (TPSA) is 24.5 Å². The Balaban J connectivity index is 1.48. The standard InChI is InChI=1S/C17H32N2OS/c1-2-8-18-15-3-9-19(10-4-15)16-5-11-20-17(14-16)6-12-21-13-7-17/h15-16,18H,2-14H2,1H3. The quantitative estimate of drug-likeness (QED) is 0.863. The van der Waals surface area contributed by atoms with E-state index in [1.165, 1.54) is 76.1 Å². The van der Waals surface area contributed by atoms with Gasteiger partial charge < -0.3 is 15.0 Å². The fourth-order valence-corrected chi connectivity index (χ4v) is 5.46. The summed E-state index contributed by atoms with van der Waals surface area (Å²) in [6, 6.07) is 1.55. The molecule has 0 saturated carbocycles. The van der Waals surface area contributed by atoms with E-state index in [1.54, 1.807) is 0 Å². The summed E-state index contributed by atoms with van der Waals surface area (Å²) < 4.78 is 6.25. The Kier molecular flexibility index (Phi) is 5.88. The normalized spacial score (nSPS) is 31.6. The van der Waals surface area contributed by atoms with Crippen molar-refractivity contribution in [3.8, 4) is 0 Å². The second kappa shape index (κ2) is 7.67. The number of nitrogens with one attached hydrogen (secondary N) is 1. The molecule has 3 aliphatic heterocycles. The van der Waals surface area contributed by atoms with Crippen molar-refractivity contribution in [1.29, 1.82) is 0 Å². The molecule has 0 aromatic carbocycles. The van der Waals surface area contributed by atoms with E-state index in [0.717, 1.165) is 18.7 Å². The van der Waals surface area contributed by atoms with E-state index in [0.29, 0.717) is 0 Å². The lowest BCUT2D eigenvalue weighted by atomic mass is 9.84. The molecule has 0 aliphatic carbocycles. The predicted octanol–water partition coefficient (Wildman–Crippen LogP) is 2.90. The molecule has 3 heterocycles. The first-order valence-corrected chi connectivity index (χ1v) is 10.2. The largest absolute Gasteiger partial charge is 0.375 e. The van der Waals surface area contributed by atoms with Crippen LogP contribution in [0.1, 0.15) is 51.9 Å². The van der Waals surface area contributed by atoms with Gasteiger partial charge in [0.25, 0.3) is 0 Å². The number of hydrogen-bond acceptors (Lipinski definition) is 4. The smallest absolute Gasteiger partial charge is 0.0713 e. The van der Waals surface area contributed by atoms with Gasteiger partial charge in [-0.1, -0.05) is 6.92 Å². The maximum Gasteiger partial charge on any atom is 0.0713 e. The minimum atomic E-state index is 0.242. The third-order valence-corrected chi connectivity index (χ3v) is 6.59. The van der Waals surface area contributed by atoms with Crippen LogP contribution in [0.5, 0.6) is 0 Å². The molecular weight excluding hydrogens is 280 g/mol. The molecule has 0 aromatic rings. The second-order valence-corrected chi connectivity index (χ2v) is 8.28. The fraction of sp³-hybridized carbons (Fsp3) is 1.00. The van der Waals surface area contributed by atoms with Crippen molar-refractivity contribution in [3.05, 3.63) is 0 Å². The fourth-order valence-electron chi connectivity index (χ4n) is 4.22. The first-order valence-electron chi connectivity index (χ1n) is 9.00. The number of thioether (sulfide) groups is 1. The van der Waals surface area contributed by atoms with Gasteiger partial charge in [-0.15, -0.1) is 0 Å². The number of ether oxygens (including phenoxy) is 1. The van der Waals surface area contributed by atoms with E-state index in [-0.39, 0.29) is 5.60 Å². The molecule has 122 valence electrons. The molecule has 0 amide bonds. The van der Waals surface area contributed by atoms with Crippen LogP contribution in [0.4, 0.5) is 0 Å². The summed E-state index contributed by atoms with van der Waals surface area (Å²) in [5.74, 6) is 2.60. The molecule has 0 aromatic heterocycles. The average molecular weight is 313 g/mol. The van der Waals surface area contributed by atoms with E-state index in [9.17, 15) is 0 Å². The van der Waals surface area contributed by atoms with Gasteiger partial charge in [0.05, 0.1) is 5.60 Å². The summed E-state index contributed by atoms with van der Waals surface area (Å²) in [5.41, 5.74) is 0.242. The highest BCUT2D eigenvalue weighted by molar-refractivity contribution is 7.99. The summed E-state index contributed by atoms with van der Waals surface area (Å²) in [6.07, 6.45) is 9.02. The van der Waals surface area contributed by atoms with Crippen molar-refractivity contribution < 1.29 is 4.74 Å². The first-order chi connectivity index (χ1) is 10.3. The Morgan fingerprint density at radius 1 is 1.19 bits per heavy atom. The van der Waals surface area contributed by atoms with Crippen LogP contribution < -0.4 is 5.32 Å². The molecule has 21 heavy (non-hydrogen) atoms. The summed E-state index contributed by atoms with van der Waals surface area (Å²) in [6.45, 7) is 7.01. The van der Waals surface area contributed by atoms with Gasteiger partial charge >= 0.3 is 0 Å². The maximum atomic E-state index is 6.25. The van der Waals surface area contributed by atoms with E-state index < -0.39 is 0 Å². The lowest BCUT2D eigenvalue weighted by Gasteiger charge is -2.48. The van der Waals surface area contributed by atoms with Crippen molar-refractivity contribution in [3.63, 3.8) is 0 Å². The molecular formula is C17H32N2OS. The third kappa shape index (κ3) is 4.15. The SMILES string of the molecule is CCCNC1CCN(C2CCOC3(CCSCC3)C2)CC1. The number of rotatable bonds is 4. The highest BCUT2D eigenvalue weighted by atomic mass is 32.2. The van der Waals surface area contributed by atoms with Crippen LogP contribution in [-0.2, 0) is 4.74 Å². The van der Waals surface area contributed by atoms with Gasteiger partial charge in [-0.25, -0.2) is 0 Å². The highest BCUT2D eigenvalue weighted by Gasteiger charge is 2.40. The third-order valence-electron chi connectivity index (χ3n) is 5.60. The zero-order valence-electron chi connectivity index (χ0n) is 13.6. The van der Waals surface area contributed by atoms with Crippen LogP contribution in [0.25, 0.3) is 0 Å². The number of hydrogen-bond donors (Lipinski definition) is 1. The molecule has 3 saturated heterocycles. The van der Waals surface area contributed by atoms with Gasteiger partial charge in [-0.05, 0) is 76.1 Å². The Labute approximate surface area is 134 Å². The Morgan fingerprint density at radius 2 is 1.95 bits per heavy atom. The summed E-state index contributed by atoms with van der Waals surface area (Å²) in [5, 5.41) is 3.70. The van der Waals surface area contributed by atoms with Crippen LogP contribution in [-0.4, -0.2) is 60.3 Å². The van der Waals surface area contributed by atoms with E-state index in [4.69, 9.17) is 4.74 Å². The van der Waals surface area contributed by atoms with Crippen LogP contribution in [0.15, 0.2) is 0 Å². The zero-order chi connectivity index (χ0) is 14.5. The van der Waals surface area contributed by atoms with Crippen LogP contribution in [0.3, 0.4) is 0 Å². The predicted molar refractivity (Wildman–Crippen MR) is 91.2 cm³/mol. The molecule has 3 nitrogen and oxygen atoms in total. The molecule has 3 rings (SSSR count). The van der Waals surface area contributed by atoms with Crippen molar-refractivity contribution in [2.45, 2.75) is 69.6 Å². The van der Waals surface area contributed by atoms with Gasteiger partial charge in [-0.2, -0.15) is 11.8 Å². The van der Waals surface area contributed by atoms with Gasteiger partial charge in [0.15, 0.2) is 0 Å². The summed E-state index contributed by atoms with van der Waals surface area (Å²) in [7, 11) is 0. The molecule has 1 N–H and O–H groups in total. The first kappa shape index (κ1) is 16.1. The van der Waals surface area contributed by atoms with Crippen LogP contribution in [0, 0.1) is 0 Å². The maximum absolute atomic E-state index is 6.25. The van der Waals surface area contributed by atoms with E-state index >= 15 is 0 Å². The van der Waals surface area contributed by atoms with Crippen molar-refractivity contribution in [2.24, 2.45) is 0 Å². The second-order valence-electron chi connectivity index (χ2n) is 7.05. The Hall–Kier alpha value is 0.230. The van der Waals surface area contributed by atoms with Crippen molar-refractivity contribution in [2.75, 3.05) is 37.7 Å². The molecule has 0 bridgehead atoms. The minimum absolute atomic E-state index is 0.242. The van der Waals surface area contributed by atoms with Crippen LogP contribution >= 0.6 is 11.8 Å². The highest BCUT2D eigenvalue weighted by Crippen LogP contribution is 2.39.